The number of guanidine groups is 1. The van der Waals surface area contributed by atoms with Crippen molar-refractivity contribution in [1.29, 1.82) is 0 Å². The number of benzene rings is 1. The van der Waals surface area contributed by atoms with Crippen molar-refractivity contribution in [2.24, 2.45) is 10.7 Å². The Labute approximate surface area is 165 Å². The van der Waals surface area contributed by atoms with Gasteiger partial charge in [0.1, 0.15) is 17.4 Å². The van der Waals surface area contributed by atoms with E-state index in [0.29, 0.717) is 12.5 Å². The summed E-state index contributed by atoms with van der Waals surface area (Å²) in [7, 11) is 1.64. The van der Waals surface area contributed by atoms with E-state index in [0.717, 1.165) is 42.5 Å². The number of anilines is 1. The smallest absolute Gasteiger partial charge is 0.193 e. The summed E-state index contributed by atoms with van der Waals surface area (Å²) in [6.45, 7) is 1.60. The number of aryl methyl sites for hydroxylation is 1. The van der Waals surface area contributed by atoms with Crippen LogP contribution in [0.1, 0.15) is 30.9 Å². The van der Waals surface area contributed by atoms with Gasteiger partial charge in [-0.2, -0.15) is 0 Å². The van der Waals surface area contributed by atoms with E-state index in [1.54, 1.807) is 7.11 Å². The average molecular weight is 456 g/mol. The van der Waals surface area contributed by atoms with Crippen LogP contribution >= 0.6 is 24.0 Å². The molecule has 0 fully saturated rings. The van der Waals surface area contributed by atoms with Crippen LogP contribution in [0.5, 0.6) is 5.75 Å². The fraction of sp³-hybridized carbons (Fsp3) is 0.471. The van der Waals surface area contributed by atoms with Gasteiger partial charge < -0.3 is 20.4 Å². The normalized spacial score (nSPS) is 14.2. The Hall–Kier alpha value is -1.84. The van der Waals surface area contributed by atoms with E-state index in [-0.39, 0.29) is 24.0 Å². The molecular formula is C17H25IN6O. The minimum absolute atomic E-state index is 0. The Morgan fingerprint density at radius 2 is 2.20 bits per heavy atom. The number of nitrogens with two attached hydrogens (primary N) is 1. The van der Waals surface area contributed by atoms with E-state index in [1.165, 1.54) is 19.3 Å². The summed E-state index contributed by atoms with van der Waals surface area (Å²) < 4.78 is 7.44. The molecule has 136 valence electrons. The van der Waals surface area contributed by atoms with Gasteiger partial charge in [-0.3, -0.25) is 4.99 Å². The molecule has 0 saturated carbocycles. The Kier molecular flexibility index (Phi) is 7.48. The second kappa shape index (κ2) is 9.59. The molecule has 1 aliphatic heterocycles. The molecule has 0 unspecified atom stereocenters. The van der Waals surface area contributed by atoms with Crippen LogP contribution in [0.3, 0.4) is 0 Å². The topological polar surface area (TPSA) is 90.3 Å². The summed E-state index contributed by atoms with van der Waals surface area (Å²) in [5.41, 5.74) is 6.81. The number of ether oxygens (including phenoxy) is 1. The van der Waals surface area contributed by atoms with Gasteiger partial charge in [-0.1, -0.05) is 12.5 Å². The highest BCUT2D eigenvalue weighted by Gasteiger charge is 2.13. The van der Waals surface area contributed by atoms with E-state index < -0.39 is 0 Å². The molecular weight excluding hydrogens is 431 g/mol. The van der Waals surface area contributed by atoms with Crippen LogP contribution in [0.4, 0.5) is 5.69 Å². The Balaban J connectivity index is 0.00000225. The van der Waals surface area contributed by atoms with Crippen LogP contribution < -0.4 is 15.8 Å². The van der Waals surface area contributed by atoms with Gasteiger partial charge in [0, 0.05) is 37.7 Å². The summed E-state index contributed by atoms with van der Waals surface area (Å²) in [6, 6.07) is 7.58. The first-order chi connectivity index (χ1) is 11.8. The highest BCUT2D eigenvalue weighted by Crippen LogP contribution is 2.16. The standard InChI is InChI=1S/C17H24N6O.HI/c1-24-14-7-5-6-13(12-14)20-17(18)19-10-9-16-22-21-15-8-3-2-4-11-23(15)16;/h5-7,12H,2-4,8-11H2,1H3,(H3,18,19,20);1H. The molecule has 25 heavy (non-hydrogen) atoms. The fourth-order valence-electron chi connectivity index (χ4n) is 2.89. The third-order valence-corrected chi connectivity index (χ3v) is 4.15. The third-order valence-electron chi connectivity index (χ3n) is 4.15. The highest BCUT2D eigenvalue weighted by molar-refractivity contribution is 14.0. The van der Waals surface area contributed by atoms with Gasteiger partial charge in [0.2, 0.25) is 0 Å². The van der Waals surface area contributed by atoms with Crippen LogP contribution in [-0.4, -0.2) is 34.4 Å². The molecule has 3 N–H and O–H groups in total. The molecule has 0 saturated heterocycles. The SMILES string of the molecule is COc1cccc(NC(N)=NCCc2nnc3n2CCCCC3)c1.I. The Morgan fingerprint density at radius 1 is 1.32 bits per heavy atom. The maximum Gasteiger partial charge on any atom is 0.193 e. The van der Waals surface area contributed by atoms with Crippen molar-refractivity contribution in [2.75, 3.05) is 19.0 Å². The van der Waals surface area contributed by atoms with Crippen molar-refractivity contribution < 1.29 is 4.74 Å². The van der Waals surface area contributed by atoms with E-state index in [2.05, 4.69) is 25.1 Å². The van der Waals surface area contributed by atoms with E-state index in [1.807, 2.05) is 24.3 Å². The number of rotatable bonds is 5. The van der Waals surface area contributed by atoms with Gasteiger partial charge in [0.15, 0.2) is 5.96 Å². The summed E-state index contributed by atoms with van der Waals surface area (Å²) >= 11 is 0. The van der Waals surface area contributed by atoms with Crippen molar-refractivity contribution in [3.63, 3.8) is 0 Å². The predicted molar refractivity (Wildman–Crippen MR) is 110 cm³/mol. The molecule has 3 rings (SSSR count). The molecule has 0 bridgehead atoms. The molecule has 0 radical (unpaired) electrons. The first-order valence-corrected chi connectivity index (χ1v) is 8.38. The minimum Gasteiger partial charge on any atom is -0.497 e. The molecule has 0 atom stereocenters. The fourth-order valence-corrected chi connectivity index (χ4v) is 2.89. The number of methoxy groups -OCH3 is 1. The van der Waals surface area contributed by atoms with Gasteiger partial charge in [-0.05, 0) is 25.0 Å². The Bertz CT molecular complexity index is 715. The molecule has 7 nitrogen and oxygen atoms in total. The van der Waals surface area contributed by atoms with Gasteiger partial charge in [-0.25, -0.2) is 0 Å². The van der Waals surface area contributed by atoms with Crippen molar-refractivity contribution in [3.05, 3.63) is 35.9 Å². The molecule has 8 heteroatoms. The van der Waals surface area contributed by atoms with Gasteiger partial charge in [-0.15, -0.1) is 34.2 Å². The summed E-state index contributed by atoms with van der Waals surface area (Å²) in [5, 5.41) is 11.7. The molecule has 2 heterocycles. The molecule has 1 aromatic carbocycles. The molecule has 2 aromatic rings. The van der Waals surface area contributed by atoms with E-state index in [4.69, 9.17) is 10.5 Å². The third kappa shape index (κ3) is 5.32. The van der Waals surface area contributed by atoms with Gasteiger partial charge >= 0.3 is 0 Å². The molecule has 1 aliphatic rings. The molecule has 0 aliphatic carbocycles. The van der Waals surface area contributed by atoms with Gasteiger partial charge in [0.05, 0.1) is 7.11 Å². The number of fused-ring (bicyclic) bond motifs is 1. The zero-order valence-electron chi connectivity index (χ0n) is 14.4. The zero-order valence-corrected chi connectivity index (χ0v) is 16.8. The zero-order chi connectivity index (χ0) is 16.8. The Morgan fingerprint density at radius 3 is 3.04 bits per heavy atom. The van der Waals surface area contributed by atoms with Crippen molar-refractivity contribution in [2.45, 2.75) is 38.6 Å². The lowest BCUT2D eigenvalue weighted by Crippen LogP contribution is -2.23. The lowest BCUT2D eigenvalue weighted by Gasteiger charge is -2.08. The molecule has 0 amide bonds. The van der Waals surface area contributed by atoms with Crippen LogP contribution in [0.25, 0.3) is 0 Å². The number of halogens is 1. The van der Waals surface area contributed by atoms with Crippen LogP contribution in [0.15, 0.2) is 29.3 Å². The quantitative estimate of drug-likeness (QED) is 0.410. The van der Waals surface area contributed by atoms with Crippen molar-refractivity contribution in [3.8, 4) is 5.75 Å². The summed E-state index contributed by atoms with van der Waals surface area (Å²) in [6.07, 6.45) is 5.43. The number of hydrogen-bond donors (Lipinski definition) is 2. The van der Waals surface area contributed by atoms with Crippen LogP contribution in [0, 0.1) is 0 Å². The monoisotopic (exact) mass is 456 g/mol. The van der Waals surface area contributed by atoms with Crippen LogP contribution in [0.2, 0.25) is 0 Å². The maximum absolute atomic E-state index is 5.95. The first-order valence-electron chi connectivity index (χ1n) is 8.38. The highest BCUT2D eigenvalue weighted by atomic mass is 127. The maximum atomic E-state index is 5.95. The second-order valence-electron chi connectivity index (χ2n) is 5.87. The lowest BCUT2D eigenvalue weighted by atomic mass is 10.2. The second-order valence-corrected chi connectivity index (χ2v) is 5.87. The summed E-state index contributed by atoms with van der Waals surface area (Å²) in [5.74, 6) is 3.27. The lowest BCUT2D eigenvalue weighted by molar-refractivity contribution is 0.415. The average Bonchev–Trinajstić information content (AvgIpc) is 2.82. The molecule has 0 spiro atoms. The summed E-state index contributed by atoms with van der Waals surface area (Å²) in [4.78, 5) is 4.38. The van der Waals surface area contributed by atoms with E-state index >= 15 is 0 Å². The number of hydrogen-bond acceptors (Lipinski definition) is 4. The largest absolute Gasteiger partial charge is 0.497 e. The predicted octanol–water partition coefficient (Wildman–Crippen LogP) is 2.60. The van der Waals surface area contributed by atoms with Crippen molar-refractivity contribution in [1.82, 2.24) is 14.8 Å². The number of nitrogens with zero attached hydrogens (tertiary/aromatic N) is 4. The molecule has 1 aromatic heterocycles. The minimum atomic E-state index is 0. The van der Waals surface area contributed by atoms with Gasteiger partial charge in [0.25, 0.3) is 0 Å². The van der Waals surface area contributed by atoms with E-state index in [9.17, 15) is 0 Å². The van der Waals surface area contributed by atoms with Crippen molar-refractivity contribution >= 4 is 35.6 Å². The number of nitrogens with one attached hydrogen (secondary N) is 1. The number of aliphatic imine (C=N–C) groups is 1. The van der Waals surface area contributed by atoms with Crippen LogP contribution in [-0.2, 0) is 19.4 Å². The number of aromatic nitrogens is 3. The first kappa shape index (κ1) is 19.5.